The molecule has 1 N–H and O–H groups in total. The van der Waals surface area contributed by atoms with Crippen LogP contribution < -0.4 is 10.1 Å². The van der Waals surface area contributed by atoms with E-state index in [0.29, 0.717) is 6.61 Å². The third kappa shape index (κ3) is 2.20. The fourth-order valence-corrected chi connectivity index (χ4v) is 1.68. The monoisotopic (exact) mass is 211 g/mol. The van der Waals surface area contributed by atoms with E-state index in [1.807, 2.05) is 12.1 Å². The molecule has 0 atom stereocenters. The lowest BCUT2D eigenvalue weighted by Crippen LogP contribution is -2.16. The maximum atomic E-state index is 5.56. The lowest BCUT2D eigenvalue weighted by molar-refractivity contribution is 0.325. The van der Waals surface area contributed by atoms with E-state index in [1.54, 1.807) is 0 Å². The summed E-state index contributed by atoms with van der Waals surface area (Å²) in [5.41, 5.74) is 2.30. The molecule has 1 aromatic rings. The van der Waals surface area contributed by atoms with Crippen LogP contribution in [0, 0.1) is 0 Å². The Morgan fingerprint density at radius 2 is 2.43 bits per heavy atom. The van der Waals surface area contributed by atoms with Crippen molar-refractivity contribution >= 4 is 12.9 Å². The van der Waals surface area contributed by atoms with Crippen molar-refractivity contribution in [2.24, 2.45) is 0 Å². The minimum atomic E-state index is 0.524. The molecule has 1 aliphatic heterocycles. The molecule has 0 spiro atoms. The molecule has 0 unspecified atom stereocenters. The average Bonchev–Trinajstić information content (AvgIpc) is 2.42. The average molecular weight is 211 g/mol. The van der Waals surface area contributed by atoms with Crippen molar-refractivity contribution in [2.45, 2.75) is 13.2 Å². The first-order valence-corrected chi connectivity index (χ1v) is 4.98. The molecule has 3 nitrogen and oxygen atoms in total. The van der Waals surface area contributed by atoms with Crippen molar-refractivity contribution in [3.63, 3.8) is 0 Å². The molecule has 1 aromatic carbocycles. The highest BCUT2D eigenvalue weighted by Crippen LogP contribution is 2.22. The fraction of sp³-hybridized carbons (Fsp3) is 0.400. The Balaban J connectivity index is 2.23. The lowest BCUT2D eigenvalue weighted by atomic mass is 10.1. The maximum absolute atomic E-state index is 5.56. The first kappa shape index (κ1) is 9.83. The Bertz CT molecular complexity index is 317. The van der Waals surface area contributed by atoms with Gasteiger partial charge in [-0.2, -0.15) is 0 Å². The molecule has 1 heterocycles. The van der Waals surface area contributed by atoms with E-state index in [4.69, 9.17) is 8.92 Å². The third-order valence-electron chi connectivity index (χ3n) is 2.21. The van der Waals surface area contributed by atoms with Gasteiger partial charge in [0.25, 0.3) is 0 Å². The van der Waals surface area contributed by atoms with Gasteiger partial charge in [-0.15, -0.1) is 0 Å². The SMILES string of the molecule is SOCc1ccc2c(c1)CNCCO2. The molecule has 0 bridgehead atoms. The number of thiol groups is 1. The van der Waals surface area contributed by atoms with Crippen LogP contribution in [0.15, 0.2) is 18.2 Å². The number of hydrogen-bond acceptors (Lipinski definition) is 4. The summed E-state index contributed by atoms with van der Waals surface area (Å²) in [7, 11) is 0. The van der Waals surface area contributed by atoms with Gasteiger partial charge in [0.1, 0.15) is 12.4 Å². The third-order valence-corrected chi connectivity index (χ3v) is 2.34. The van der Waals surface area contributed by atoms with Crippen molar-refractivity contribution in [3.05, 3.63) is 29.3 Å². The highest BCUT2D eigenvalue weighted by Gasteiger charge is 2.08. The van der Waals surface area contributed by atoms with Crippen molar-refractivity contribution < 1.29 is 8.92 Å². The normalized spacial score (nSPS) is 15.5. The highest BCUT2D eigenvalue weighted by atomic mass is 32.1. The van der Waals surface area contributed by atoms with E-state index < -0.39 is 0 Å². The van der Waals surface area contributed by atoms with E-state index in [-0.39, 0.29) is 0 Å². The van der Waals surface area contributed by atoms with Crippen molar-refractivity contribution in [2.75, 3.05) is 13.2 Å². The predicted octanol–water partition coefficient (Wildman–Crippen LogP) is 1.53. The zero-order valence-corrected chi connectivity index (χ0v) is 8.72. The Kier molecular flexibility index (Phi) is 3.29. The smallest absolute Gasteiger partial charge is 0.123 e. The van der Waals surface area contributed by atoms with Gasteiger partial charge < -0.3 is 14.2 Å². The Morgan fingerprint density at radius 1 is 1.50 bits per heavy atom. The van der Waals surface area contributed by atoms with Crippen LogP contribution in [0.25, 0.3) is 0 Å². The Morgan fingerprint density at radius 3 is 3.29 bits per heavy atom. The van der Waals surface area contributed by atoms with Gasteiger partial charge in [-0.3, -0.25) is 0 Å². The Hall–Kier alpha value is -0.710. The summed E-state index contributed by atoms with van der Waals surface area (Å²) in [6.07, 6.45) is 0. The minimum Gasteiger partial charge on any atom is -0.492 e. The molecule has 1 aliphatic rings. The van der Waals surface area contributed by atoms with E-state index in [9.17, 15) is 0 Å². The molecular formula is C10H13NO2S. The van der Waals surface area contributed by atoms with E-state index in [0.717, 1.165) is 31.0 Å². The molecule has 4 heteroatoms. The summed E-state index contributed by atoms with van der Waals surface area (Å²) < 4.78 is 10.3. The number of hydrogen-bond donors (Lipinski definition) is 2. The second kappa shape index (κ2) is 4.68. The summed E-state index contributed by atoms with van der Waals surface area (Å²) in [6.45, 7) is 3.01. The second-order valence-electron chi connectivity index (χ2n) is 3.24. The highest BCUT2D eigenvalue weighted by molar-refractivity contribution is 7.75. The number of ether oxygens (including phenoxy) is 1. The van der Waals surface area contributed by atoms with E-state index in [1.165, 1.54) is 5.56 Å². The molecule has 0 aliphatic carbocycles. The zero-order valence-electron chi connectivity index (χ0n) is 7.82. The summed E-state index contributed by atoms with van der Waals surface area (Å²) in [5.74, 6) is 0.970. The van der Waals surface area contributed by atoms with Crippen LogP contribution in [-0.4, -0.2) is 13.2 Å². The van der Waals surface area contributed by atoms with Gasteiger partial charge in [0, 0.05) is 18.7 Å². The summed E-state index contributed by atoms with van der Waals surface area (Å²) in [4.78, 5) is 0. The molecule has 0 aromatic heterocycles. The van der Waals surface area contributed by atoms with Gasteiger partial charge in [-0.25, -0.2) is 0 Å². The molecule has 76 valence electrons. The summed E-state index contributed by atoms with van der Waals surface area (Å²) in [6, 6.07) is 6.08. The van der Waals surface area contributed by atoms with Gasteiger partial charge in [-0.05, 0) is 30.6 Å². The van der Waals surface area contributed by atoms with Gasteiger partial charge in [0.15, 0.2) is 0 Å². The fourth-order valence-electron chi connectivity index (χ4n) is 1.53. The molecule has 0 fully saturated rings. The summed E-state index contributed by atoms with van der Waals surface area (Å²) in [5, 5.41) is 3.29. The van der Waals surface area contributed by atoms with Crippen LogP contribution in [0.4, 0.5) is 0 Å². The van der Waals surface area contributed by atoms with Crippen molar-refractivity contribution in [1.29, 1.82) is 0 Å². The first-order valence-electron chi connectivity index (χ1n) is 4.62. The molecule has 0 radical (unpaired) electrons. The lowest BCUT2D eigenvalue weighted by Gasteiger charge is -2.07. The molecule has 2 rings (SSSR count). The first-order chi connectivity index (χ1) is 6.90. The van der Waals surface area contributed by atoms with E-state index in [2.05, 4.69) is 24.3 Å². The van der Waals surface area contributed by atoms with Gasteiger partial charge in [0.05, 0.1) is 6.61 Å². The van der Waals surface area contributed by atoms with Crippen LogP contribution in [0.2, 0.25) is 0 Å². The quantitative estimate of drug-likeness (QED) is 0.574. The number of benzene rings is 1. The maximum Gasteiger partial charge on any atom is 0.123 e. The van der Waals surface area contributed by atoms with Crippen molar-refractivity contribution in [1.82, 2.24) is 5.32 Å². The van der Waals surface area contributed by atoms with Crippen LogP contribution >= 0.6 is 12.9 Å². The summed E-state index contributed by atoms with van der Waals surface area (Å²) >= 11 is 3.73. The molecule has 14 heavy (non-hydrogen) atoms. The predicted molar refractivity (Wildman–Crippen MR) is 57.4 cm³/mol. The van der Waals surface area contributed by atoms with Crippen molar-refractivity contribution in [3.8, 4) is 5.75 Å². The van der Waals surface area contributed by atoms with Crippen LogP contribution in [-0.2, 0) is 17.3 Å². The second-order valence-corrected chi connectivity index (χ2v) is 3.50. The largest absolute Gasteiger partial charge is 0.492 e. The molecule has 0 amide bonds. The van der Waals surface area contributed by atoms with Gasteiger partial charge in [-0.1, -0.05) is 6.07 Å². The topological polar surface area (TPSA) is 30.5 Å². The molecule has 0 saturated heterocycles. The zero-order chi connectivity index (χ0) is 9.80. The van der Waals surface area contributed by atoms with Crippen LogP contribution in [0.5, 0.6) is 5.75 Å². The standard InChI is InChI=1S/C10H13NO2S/c14-13-7-8-1-2-10-9(5-8)6-11-3-4-12-10/h1-2,5,11,14H,3-4,6-7H2. The molecule has 0 saturated carbocycles. The number of nitrogens with one attached hydrogen (secondary N) is 1. The van der Waals surface area contributed by atoms with Crippen LogP contribution in [0.1, 0.15) is 11.1 Å². The van der Waals surface area contributed by atoms with E-state index >= 15 is 0 Å². The molecular weight excluding hydrogens is 198 g/mol. The van der Waals surface area contributed by atoms with Crippen LogP contribution in [0.3, 0.4) is 0 Å². The Labute approximate surface area is 89.0 Å². The minimum absolute atomic E-state index is 0.524. The van der Waals surface area contributed by atoms with Gasteiger partial charge >= 0.3 is 0 Å². The van der Waals surface area contributed by atoms with Gasteiger partial charge in [0.2, 0.25) is 0 Å². The number of rotatable bonds is 2. The number of fused-ring (bicyclic) bond motifs is 1.